The van der Waals surface area contributed by atoms with Crippen molar-refractivity contribution in [2.75, 3.05) is 11.2 Å². The van der Waals surface area contributed by atoms with Crippen LogP contribution >= 0.6 is 11.6 Å². The molecule has 4 nitrogen and oxygen atoms in total. The molecule has 2 rings (SSSR count). The van der Waals surface area contributed by atoms with Crippen LogP contribution in [0.5, 0.6) is 0 Å². The van der Waals surface area contributed by atoms with Crippen molar-refractivity contribution >= 4 is 34.2 Å². The SMILES string of the molecule is CC(C)C(=O)Nc1ccc2c(c1)ncn2CCCCCl. The number of nitrogens with zero attached hydrogens (tertiary/aromatic N) is 2. The summed E-state index contributed by atoms with van der Waals surface area (Å²) in [6.07, 6.45) is 3.89. The Bertz CT molecular complexity index is 592. The number of aromatic nitrogens is 2. The first-order valence-corrected chi connectivity index (χ1v) is 7.47. The molecule has 1 N–H and O–H groups in total. The van der Waals surface area contributed by atoms with Gasteiger partial charge in [-0.25, -0.2) is 4.98 Å². The van der Waals surface area contributed by atoms with Gasteiger partial charge in [-0.2, -0.15) is 0 Å². The highest BCUT2D eigenvalue weighted by Crippen LogP contribution is 2.19. The summed E-state index contributed by atoms with van der Waals surface area (Å²) in [5.41, 5.74) is 2.78. The number of aryl methyl sites for hydroxylation is 1. The topological polar surface area (TPSA) is 46.9 Å². The highest BCUT2D eigenvalue weighted by atomic mass is 35.5. The normalized spacial score (nSPS) is 11.2. The summed E-state index contributed by atoms with van der Waals surface area (Å²) in [7, 11) is 0. The maximum Gasteiger partial charge on any atom is 0.226 e. The molecule has 1 aromatic heterocycles. The predicted octanol–water partition coefficient (Wildman–Crippen LogP) is 3.65. The molecule has 108 valence electrons. The van der Waals surface area contributed by atoms with Crippen molar-refractivity contribution in [3.05, 3.63) is 24.5 Å². The first-order chi connectivity index (χ1) is 9.61. The van der Waals surface area contributed by atoms with Crippen molar-refractivity contribution in [2.24, 2.45) is 5.92 Å². The standard InChI is InChI=1S/C15H20ClN3O/c1-11(2)15(20)18-12-5-6-14-13(9-12)17-10-19(14)8-4-3-7-16/h5-6,9-11H,3-4,7-8H2,1-2H3,(H,18,20). The Morgan fingerprint density at radius 1 is 1.40 bits per heavy atom. The van der Waals surface area contributed by atoms with Crippen molar-refractivity contribution in [1.29, 1.82) is 0 Å². The number of nitrogens with one attached hydrogen (secondary N) is 1. The molecule has 0 unspecified atom stereocenters. The summed E-state index contributed by atoms with van der Waals surface area (Å²) in [4.78, 5) is 16.1. The summed E-state index contributed by atoms with van der Waals surface area (Å²) in [5.74, 6) is 0.683. The van der Waals surface area contributed by atoms with Gasteiger partial charge in [-0.3, -0.25) is 4.79 Å². The maximum absolute atomic E-state index is 11.7. The first kappa shape index (κ1) is 14.9. The molecular weight excluding hydrogens is 274 g/mol. The van der Waals surface area contributed by atoms with E-state index in [1.54, 1.807) is 0 Å². The minimum absolute atomic E-state index is 0.0193. The van der Waals surface area contributed by atoms with Crippen LogP contribution in [-0.2, 0) is 11.3 Å². The van der Waals surface area contributed by atoms with E-state index in [1.807, 2.05) is 38.4 Å². The van der Waals surface area contributed by atoms with E-state index < -0.39 is 0 Å². The Morgan fingerprint density at radius 2 is 2.20 bits per heavy atom. The van der Waals surface area contributed by atoms with E-state index >= 15 is 0 Å². The van der Waals surface area contributed by atoms with Gasteiger partial charge in [-0.1, -0.05) is 13.8 Å². The second-order valence-electron chi connectivity index (χ2n) is 5.18. The Morgan fingerprint density at radius 3 is 2.90 bits per heavy atom. The predicted molar refractivity (Wildman–Crippen MR) is 83.2 cm³/mol. The number of halogens is 1. The number of amides is 1. The van der Waals surface area contributed by atoms with Gasteiger partial charge in [0.1, 0.15) is 0 Å². The van der Waals surface area contributed by atoms with Gasteiger partial charge in [0.15, 0.2) is 0 Å². The van der Waals surface area contributed by atoms with Crippen LogP contribution in [0.4, 0.5) is 5.69 Å². The van der Waals surface area contributed by atoms with Crippen LogP contribution in [0.25, 0.3) is 11.0 Å². The molecule has 20 heavy (non-hydrogen) atoms. The zero-order valence-electron chi connectivity index (χ0n) is 11.9. The molecule has 0 saturated carbocycles. The van der Waals surface area contributed by atoms with Crippen molar-refractivity contribution in [3.63, 3.8) is 0 Å². The van der Waals surface area contributed by atoms with Gasteiger partial charge >= 0.3 is 0 Å². The van der Waals surface area contributed by atoms with Crippen LogP contribution < -0.4 is 5.32 Å². The number of unbranched alkanes of at least 4 members (excludes halogenated alkanes) is 1. The lowest BCUT2D eigenvalue weighted by molar-refractivity contribution is -0.118. The monoisotopic (exact) mass is 293 g/mol. The van der Waals surface area contributed by atoms with E-state index in [9.17, 15) is 4.79 Å². The maximum atomic E-state index is 11.7. The highest BCUT2D eigenvalue weighted by molar-refractivity contribution is 6.17. The Labute approximate surface area is 124 Å². The van der Waals surface area contributed by atoms with Crippen LogP contribution in [-0.4, -0.2) is 21.3 Å². The van der Waals surface area contributed by atoms with E-state index in [0.29, 0.717) is 5.88 Å². The zero-order chi connectivity index (χ0) is 14.5. The average Bonchev–Trinajstić information content (AvgIpc) is 2.81. The minimum Gasteiger partial charge on any atom is -0.331 e. The molecule has 0 aliphatic heterocycles. The molecule has 0 aliphatic rings. The summed E-state index contributed by atoms with van der Waals surface area (Å²) >= 11 is 5.69. The summed E-state index contributed by atoms with van der Waals surface area (Å²) < 4.78 is 2.12. The Kier molecular flexibility index (Phi) is 5.01. The number of hydrogen-bond donors (Lipinski definition) is 1. The number of hydrogen-bond acceptors (Lipinski definition) is 2. The molecule has 0 aliphatic carbocycles. The van der Waals surface area contributed by atoms with Crippen molar-refractivity contribution < 1.29 is 4.79 Å². The molecule has 0 fully saturated rings. The number of benzene rings is 1. The summed E-state index contributed by atoms with van der Waals surface area (Å²) in [5, 5.41) is 2.89. The Balaban J connectivity index is 2.13. The Hall–Kier alpha value is -1.55. The summed E-state index contributed by atoms with van der Waals surface area (Å²) in [6, 6.07) is 5.83. The average molecular weight is 294 g/mol. The van der Waals surface area contributed by atoms with Gasteiger partial charge in [0.25, 0.3) is 0 Å². The molecule has 1 amide bonds. The van der Waals surface area contributed by atoms with Crippen LogP contribution in [0.1, 0.15) is 26.7 Å². The van der Waals surface area contributed by atoms with Crippen LogP contribution in [0, 0.1) is 5.92 Å². The van der Waals surface area contributed by atoms with Crippen LogP contribution in [0.15, 0.2) is 24.5 Å². The minimum atomic E-state index is -0.0289. The fraction of sp³-hybridized carbons (Fsp3) is 0.467. The lowest BCUT2D eigenvalue weighted by Gasteiger charge is -2.08. The number of alkyl halides is 1. The van der Waals surface area contributed by atoms with E-state index in [4.69, 9.17) is 11.6 Å². The van der Waals surface area contributed by atoms with Gasteiger partial charge in [0, 0.05) is 24.0 Å². The largest absolute Gasteiger partial charge is 0.331 e. The fourth-order valence-electron chi connectivity index (χ4n) is 1.98. The van der Waals surface area contributed by atoms with Gasteiger partial charge in [0.2, 0.25) is 5.91 Å². The number of rotatable bonds is 6. The van der Waals surface area contributed by atoms with Gasteiger partial charge in [-0.05, 0) is 31.0 Å². The summed E-state index contributed by atoms with van der Waals surface area (Å²) in [6.45, 7) is 4.67. The van der Waals surface area contributed by atoms with Crippen LogP contribution in [0.2, 0.25) is 0 Å². The zero-order valence-corrected chi connectivity index (χ0v) is 12.7. The molecule has 0 saturated heterocycles. The molecule has 5 heteroatoms. The highest BCUT2D eigenvalue weighted by Gasteiger charge is 2.09. The molecule has 1 heterocycles. The lowest BCUT2D eigenvalue weighted by Crippen LogP contribution is -2.17. The molecule has 2 aromatic rings. The van der Waals surface area contributed by atoms with Crippen molar-refractivity contribution in [1.82, 2.24) is 9.55 Å². The second kappa shape index (κ2) is 6.75. The number of carbonyl (C=O) groups is 1. The van der Waals surface area contributed by atoms with E-state index in [1.165, 1.54) is 0 Å². The quantitative estimate of drug-likeness (QED) is 0.653. The number of imidazole rings is 1. The molecule has 0 atom stereocenters. The van der Waals surface area contributed by atoms with Crippen LogP contribution in [0.3, 0.4) is 0 Å². The number of carbonyl (C=O) groups excluding carboxylic acids is 1. The van der Waals surface area contributed by atoms with E-state index in [-0.39, 0.29) is 11.8 Å². The van der Waals surface area contributed by atoms with Crippen molar-refractivity contribution in [2.45, 2.75) is 33.2 Å². The molecule has 0 radical (unpaired) electrons. The third kappa shape index (κ3) is 3.51. The third-order valence-electron chi connectivity index (χ3n) is 3.20. The number of anilines is 1. The van der Waals surface area contributed by atoms with E-state index in [2.05, 4.69) is 14.9 Å². The smallest absolute Gasteiger partial charge is 0.226 e. The molecular formula is C15H20ClN3O. The fourth-order valence-corrected chi connectivity index (χ4v) is 2.17. The van der Waals surface area contributed by atoms with Gasteiger partial charge in [-0.15, -0.1) is 11.6 Å². The number of fused-ring (bicyclic) bond motifs is 1. The van der Waals surface area contributed by atoms with E-state index in [0.717, 1.165) is 36.1 Å². The first-order valence-electron chi connectivity index (χ1n) is 6.93. The molecule has 0 spiro atoms. The lowest BCUT2D eigenvalue weighted by atomic mass is 10.2. The van der Waals surface area contributed by atoms with Gasteiger partial charge < -0.3 is 9.88 Å². The second-order valence-corrected chi connectivity index (χ2v) is 5.56. The molecule has 1 aromatic carbocycles. The van der Waals surface area contributed by atoms with Gasteiger partial charge in [0.05, 0.1) is 17.4 Å². The molecule has 0 bridgehead atoms. The van der Waals surface area contributed by atoms with Crippen molar-refractivity contribution in [3.8, 4) is 0 Å². The third-order valence-corrected chi connectivity index (χ3v) is 3.46.